The van der Waals surface area contributed by atoms with Gasteiger partial charge in [0.05, 0.1) is 18.8 Å². The van der Waals surface area contributed by atoms with Crippen molar-refractivity contribution in [1.82, 2.24) is 5.32 Å². The second-order valence-electron chi connectivity index (χ2n) is 4.95. The number of amides is 3. The largest absolute Gasteiger partial charge is 0.462 e. The summed E-state index contributed by atoms with van der Waals surface area (Å²) in [5.74, 6) is -1.63. The molecule has 0 aliphatic rings. The Morgan fingerprint density at radius 1 is 1.04 bits per heavy atom. The molecule has 0 saturated heterocycles. The maximum Gasteiger partial charge on any atom is 0.414 e. The van der Waals surface area contributed by atoms with E-state index in [0.717, 1.165) is 11.3 Å². The first-order valence-corrected chi connectivity index (χ1v) is 8.75. The highest BCUT2D eigenvalue weighted by Gasteiger charge is 2.27. The summed E-state index contributed by atoms with van der Waals surface area (Å²) in [5, 5.41) is 4.88. The minimum absolute atomic E-state index is 0.0468. The van der Waals surface area contributed by atoms with Crippen LogP contribution in [-0.4, -0.2) is 37.1 Å². The van der Waals surface area contributed by atoms with Crippen molar-refractivity contribution >= 4 is 40.2 Å². The third kappa shape index (κ3) is 5.56. The van der Waals surface area contributed by atoms with Crippen LogP contribution in [0.2, 0.25) is 0 Å². The lowest BCUT2D eigenvalue weighted by Crippen LogP contribution is -2.32. The quantitative estimate of drug-likeness (QED) is 0.714. The van der Waals surface area contributed by atoms with E-state index in [2.05, 4.69) is 15.4 Å². The minimum atomic E-state index is -0.901. The highest BCUT2D eigenvalue weighted by Crippen LogP contribution is 2.34. The summed E-state index contributed by atoms with van der Waals surface area (Å²) < 4.78 is 9.64. The summed E-state index contributed by atoms with van der Waals surface area (Å²) in [4.78, 5) is 48.0. The van der Waals surface area contributed by atoms with Crippen LogP contribution >= 0.6 is 11.3 Å². The molecule has 0 aromatic carbocycles. The fourth-order valence-corrected chi connectivity index (χ4v) is 3.12. The van der Waals surface area contributed by atoms with E-state index in [-0.39, 0.29) is 41.0 Å². The lowest BCUT2D eigenvalue weighted by Gasteiger charge is -2.07. The Bertz CT molecular complexity index is 668. The third-order valence-electron chi connectivity index (χ3n) is 3.06. The van der Waals surface area contributed by atoms with E-state index in [9.17, 15) is 19.2 Å². The Balaban J connectivity index is 3.21. The van der Waals surface area contributed by atoms with Gasteiger partial charge >= 0.3 is 12.1 Å². The van der Waals surface area contributed by atoms with Crippen LogP contribution in [0.25, 0.3) is 0 Å². The monoisotopic (exact) mass is 370 g/mol. The van der Waals surface area contributed by atoms with E-state index < -0.39 is 18.0 Å². The Hall–Kier alpha value is -2.42. The van der Waals surface area contributed by atoms with E-state index >= 15 is 0 Å². The Kier molecular flexibility index (Phi) is 8.06. The van der Waals surface area contributed by atoms with Crippen LogP contribution in [0.1, 0.15) is 59.2 Å². The van der Waals surface area contributed by atoms with Crippen LogP contribution in [0.4, 0.5) is 9.80 Å². The molecule has 0 atom stereocenters. The van der Waals surface area contributed by atoms with Gasteiger partial charge in [-0.25, -0.2) is 9.59 Å². The Morgan fingerprint density at radius 2 is 1.68 bits per heavy atom. The summed E-state index contributed by atoms with van der Waals surface area (Å²) in [7, 11) is 0. The van der Waals surface area contributed by atoms with Crippen molar-refractivity contribution in [2.75, 3.05) is 18.5 Å². The number of esters is 1. The number of nitrogens with one attached hydrogen (secondary N) is 2. The van der Waals surface area contributed by atoms with E-state index in [1.54, 1.807) is 20.8 Å². The predicted molar refractivity (Wildman–Crippen MR) is 93.0 cm³/mol. The number of rotatable bonds is 7. The molecular formula is C16H22N2O6S. The molecule has 8 nitrogen and oxygen atoms in total. The van der Waals surface area contributed by atoms with Gasteiger partial charge in [0.2, 0.25) is 5.91 Å². The number of alkyl carbamates (subject to hydrolysis) is 1. The van der Waals surface area contributed by atoms with Gasteiger partial charge in [0.1, 0.15) is 9.88 Å². The summed E-state index contributed by atoms with van der Waals surface area (Å²) in [6, 6.07) is 0. The molecular weight excluding hydrogens is 348 g/mol. The molecule has 2 N–H and O–H groups in total. The summed E-state index contributed by atoms with van der Waals surface area (Å²) in [5.41, 5.74) is 0.377. The molecule has 138 valence electrons. The van der Waals surface area contributed by atoms with Crippen LogP contribution in [-0.2, 0) is 14.3 Å². The number of hydrogen-bond acceptors (Lipinski definition) is 7. The molecule has 0 spiro atoms. The molecule has 1 rings (SSSR count). The van der Waals surface area contributed by atoms with Crippen LogP contribution in [0.3, 0.4) is 0 Å². The Labute approximate surface area is 149 Å². The van der Waals surface area contributed by atoms with Gasteiger partial charge in [0.25, 0.3) is 5.91 Å². The normalized spacial score (nSPS) is 10.1. The summed E-state index contributed by atoms with van der Waals surface area (Å²) >= 11 is 0.938. The average Bonchev–Trinajstić information content (AvgIpc) is 2.84. The smallest absolute Gasteiger partial charge is 0.414 e. The van der Waals surface area contributed by atoms with Gasteiger partial charge in [-0.3, -0.25) is 14.9 Å². The van der Waals surface area contributed by atoms with Crippen LogP contribution < -0.4 is 10.6 Å². The van der Waals surface area contributed by atoms with Crippen LogP contribution in [0.5, 0.6) is 0 Å². The molecule has 3 amide bonds. The zero-order valence-electron chi connectivity index (χ0n) is 14.7. The molecule has 9 heteroatoms. The van der Waals surface area contributed by atoms with Crippen LogP contribution in [0, 0.1) is 6.92 Å². The number of imide groups is 1. The van der Waals surface area contributed by atoms with Crippen molar-refractivity contribution in [1.29, 1.82) is 0 Å². The van der Waals surface area contributed by atoms with Crippen LogP contribution in [0.15, 0.2) is 0 Å². The topological polar surface area (TPSA) is 111 Å². The van der Waals surface area contributed by atoms with E-state index in [1.807, 2.05) is 6.92 Å². The van der Waals surface area contributed by atoms with E-state index in [4.69, 9.17) is 4.74 Å². The van der Waals surface area contributed by atoms with Gasteiger partial charge in [-0.2, -0.15) is 0 Å². The molecule has 0 unspecified atom stereocenters. The second-order valence-corrected chi connectivity index (χ2v) is 5.97. The zero-order chi connectivity index (χ0) is 19.0. The predicted octanol–water partition coefficient (Wildman–Crippen LogP) is 2.86. The van der Waals surface area contributed by atoms with Gasteiger partial charge in [-0.1, -0.05) is 6.92 Å². The Morgan fingerprint density at radius 3 is 2.24 bits per heavy atom. The highest BCUT2D eigenvalue weighted by atomic mass is 32.1. The first-order chi connectivity index (χ1) is 11.8. The molecule has 0 bridgehead atoms. The second kappa shape index (κ2) is 9.77. The maximum atomic E-state index is 12.4. The van der Waals surface area contributed by atoms with Crippen molar-refractivity contribution in [3.8, 4) is 0 Å². The fraction of sp³-hybridized carbons (Fsp3) is 0.500. The van der Waals surface area contributed by atoms with E-state index in [1.165, 1.54) is 0 Å². The standard InChI is InChI=1S/C16H22N2O6S/c1-5-8-10(19)17-14-11(13(20)18-16(22)24-7-3)9(4)12(25-14)15(21)23-6-2/h5-8H2,1-4H3,(H,17,19)(H,18,20,22). The van der Waals surface area contributed by atoms with Gasteiger partial charge in [0.15, 0.2) is 0 Å². The molecule has 25 heavy (non-hydrogen) atoms. The number of anilines is 1. The van der Waals surface area contributed by atoms with Crippen molar-refractivity contribution in [2.24, 2.45) is 0 Å². The summed E-state index contributed by atoms with van der Waals surface area (Å²) in [6.45, 7) is 6.96. The molecule has 0 aliphatic carbocycles. The zero-order valence-corrected chi connectivity index (χ0v) is 15.5. The first-order valence-electron chi connectivity index (χ1n) is 7.94. The molecule has 0 fully saturated rings. The minimum Gasteiger partial charge on any atom is -0.462 e. The fourth-order valence-electron chi connectivity index (χ4n) is 2.00. The molecule has 1 aromatic rings. The summed E-state index contributed by atoms with van der Waals surface area (Å²) in [6.07, 6.45) is -0.00257. The van der Waals surface area contributed by atoms with Crippen molar-refractivity contribution in [3.05, 3.63) is 16.0 Å². The maximum absolute atomic E-state index is 12.4. The van der Waals surface area contributed by atoms with Crippen molar-refractivity contribution in [2.45, 2.75) is 40.5 Å². The number of ether oxygens (including phenoxy) is 2. The number of hydrogen-bond donors (Lipinski definition) is 2. The average molecular weight is 370 g/mol. The highest BCUT2D eigenvalue weighted by molar-refractivity contribution is 7.18. The molecule has 1 heterocycles. The van der Waals surface area contributed by atoms with Gasteiger partial charge < -0.3 is 14.8 Å². The van der Waals surface area contributed by atoms with Gasteiger partial charge in [-0.15, -0.1) is 11.3 Å². The molecule has 0 aliphatic heterocycles. The molecule has 0 saturated carbocycles. The van der Waals surface area contributed by atoms with Gasteiger partial charge in [-0.05, 0) is 32.8 Å². The lowest BCUT2D eigenvalue weighted by molar-refractivity contribution is -0.116. The van der Waals surface area contributed by atoms with Crippen molar-refractivity contribution in [3.63, 3.8) is 0 Å². The number of thiophene rings is 1. The molecule has 0 radical (unpaired) electrons. The third-order valence-corrected chi connectivity index (χ3v) is 4.24. The lowest BCUT2D eigenvalue weighted by atomic mass is 10.1. The number of carbonyl (C=O) groups is 4. The SMILES string of the molecule is CCCC(=O)Nc1sc(C(=O)OCC)c(C)c1C(=O)NC(=O)OCC. The first kappa shape index (κ1) is 20.6. The molecule has 1 aromatic heterocycles. The van der Waals surface area contributed by atoms with E-state index in [0.29, 0.717) is 12.0 Å². The van der Waals surface area contributed by atoms with Crippen molar-refractivity contribution < 1.29 is 28.7 Å². The number of carbonyl (C=O) groups excluding carboxylic acids is 4. The van der Waals surface area contributed by atoms with Gasteiger partial charge in [0, 0.05) is 6.42 Å².